The quantitative estimate of drug-likeness (QED) is 0.750. The van der Waals surface area contributed by atoms with Crippen LogP contribution in [0.1, 0.15) is 31.9 Å². The lowest BCUT2D eigenvalue weighted by molar-refractivity contribution is 0.589. The van der Waals surface area contributed by atoms with Gasteiger partial charge in [0.15, 0.2) is 9.84 Å². The van der Waals surface area contributed by atoms with Crippen LogP contribution in [0, 0.1) is 0 Å². The Morgan fingerprint density at radius 3 is 2.09 bits per heavy atom. The van der Waals surface area contributed by atoms with Gasteiger partial charge >= 0.3 is 0 Å². The van der Waals surface area contributed by atoms with Crippen LogP contribution in [0.2, 0.25) is 10.0 Å². The highest BCUT2D eigenvalue weighted by Gasteiger charge is 2.21. The zero-order chi connectivity index (χ0) is 16.5. The average molecular weight is 357 g/mol. The van der Waals surface area contributed by atoms with Gasteiger partial charge in [0, 0.05) is 0 Å². The molecule has 0 fully saturated rings. The number of hydrogen-bond acceptors (Lipinski definition) is 2. The highest BCUT2D eigenvalue weighted by atomic mass is 35.5. The summed E-state index contributed by atoms with van der Waals surface area (Å²) in [5.41, 5.74) is 1.92. The number of halogens is 2. The topological polar surface area (TPSA) is 34.1 Å². The molecule has 0 aliphatic rings. The fourth-order valence-corrected chi connectivity index (χ4v) is 4.29. The van der Waals surface area contributed by atoms with Crippen molar-refractivity contribution in [1.29, 1.82) is 0 Å². The highest BCUT2D eigenvalue weighted by molar-refractivity contribution is 7.90. The molecule has 2 rings (SSSR count). The first-order valence-corrected chi connectivity index (χ1v) is 9.28. The lowest BCUT2D eigenvalue weighted by Gasteiger charge is -2.19. The minimum absolute atomic E-state index is 0.0354. The van der Waals surface area contributed by atoms with Gasteiger partial charge in [0.25, 0.3) is 0 Å². The van der Waals surface area contributed by atoms with Gasteiger partial charge in [-0.05, 0) is 28.7 Å². The molecular formula is C17H18Cl2O2S. The Hall–Kier alpha value is -1.03. The summed E-state index contributed by atoms with van der Waals surface area (Å²) in [5, 5.41) is 0.321. The van der Waals surface area contributed by atoms with Crippen molar-refractivity contribution in [2.24, 2.45) is 0 Å². The zero-order valence-electron chi connectivity index (χ0n) is 12.7. The smallest absolute Gasteiger partial charge is 0.184 e. The Morgan fingerprint density at radius 1 is 0.955 bits per heavy atom. The standard InChI is InChI=1S/C17H18Cl2O2S/c1-17(2,3)13-9-7-12(8-10-13)11-22(20,21)15-6-4-5-14(18)16(15)19/h4-10H,11H2,1-3H3. The van der Waals surface area contributed by atoms with E-state index in [1.54, 1.807) is 12.1 Å². The Morgan fingerprint density at radius 2 is 1.55 bits per heavy atom. The fraction of sp³-hybridized carbons (Fsp3) is 0.294. The van der Waals surface area contributed by atoms with Crippen LogP contribution in [-0.4, -0.2) is 8.42 Å². The third-order valence-corrected chi connectivity index (χ3v) is 6.08. The zero-order valence-corrected chi connectivity index (χ0v) is 15.1. The van der Waals surface area contributed by atoms with Crippen molar-refractivity contribution in [2.75, 3.05) is 0 Å². The van der Waals surface area contributed by atoms with Crippen molar-refractivity contribution < 1.29 is 8.42 Å². The van der Waals surface area contributed by atoms with E-state index in [9.17, 15) is 8.42 Å². The SMILES string of the molecule is CC(C)(C)c1ccc(CS(=O)(=O)c2cccc(Cl)c2Cl)cc1. The Balaban J connectivity index is 2.31. The molecule has 0 N–H and O–H groups in total. The normalized spacial score (nSPS) is 12.4. The molecule has 118 valence electrons. The Bertz CT molecular complexity index is 773. The summed E-state index contributed by atoms with van der Waals surface area (Å²) in [7, 11) is -3.53. The van der Waals surface area contributed by atoms with Gasteiger partial charge in [0.1, 0.15) is 0 Å². The van der Waals surface area contributed by atoms with Crippen molar-refractivity contribution in [3.63, 3.8) is 0 Å². The molecule has 2 aromatic rings. The molecule has 0 radical (unpaired) electrons. The predicted octanol–water partition coefficient (Wildman–Crippen LogP) is 5.26. The van der Waals surface area contributed by atoms with Crippen LogP contribution >= 0.6 is 23.2 Å². The maximum absolute atomic E-state index is 12.5. The van der Waals surface area contributed by atoms with E-state index in [2.05, 4.69) is 20.8 Å². The monoisotopic (exact) mass is 356 g/mol. The van der Waals surface area contributed by atoms with E-state index in [0.29, 0.717) is 0 Å². The number of rotatable bonds is 3. The predicted molar refractivity (Wildman–Crippen MR) is 92.5 cm³/mol. The van der Waals surface area contributed by atoms with E-state index in [-0.39, 0.29) is 26.1 Å². The molecule has 0 bridgehead atoms. The minimum Gasteiger partial charge on any atom is -0.223 e. The largest absolute Gasteiger partial charge is 0.223 e. The van der Waals surface area contributed by atoms with Crippen LogP contribution < -0.4 is 0 Å². The van der Waals surface area contributed by atoms with Gasteiger partial charge in [-0.1, -0.05) is 74.3 Å². The second kappa shape index (κ2) is 6.23. The Labute approximate surface area is 142 Å². The van der Waals surface area contributed by atoms with Gasteiger partial charge in [-0.2, -0.15) is 0 Å². The summed E-state index contributed by atoms with van der Waals surface area (Å²) >= 11 is 11.9. The third kappa shape index (κ3) is 3.83. The van der Waals surface area contributed by atoms with E-state index < -0.39 is 9.84 Å². The fourth-order valence-electron chi connectivity index (χ4n) is 2.12. The molecule has 22 heavy (non-hydrogen) atoms. The van der Waals surface area contributed by atoms with Gasteiger partial charge in [-0.15, -0.1) is 0 Å². The van der Waals surface area contributed by atoms with Crippen molar-refractivity contribution in [3.05, 3.63) is 63.6 Å². The summed E-state index contributed by atoms with van der Waals surface area (Å²) in [5.74, 6) is -0.0997. The van der Waals surface area contributed by atoms with Crippen LogP contribution in [0.4, 0.5) is 0 Å². The molecule has 0 saturated carbocycles. The van der Waals surface area contributed by atoms with E-state index in [0.717, 1.165) is 11.1 Å². The molecule has 0 aliphatic carbocycles. The number of sulfone groups is 1. The molecular weight excluding hydrogens is 339 g/mol. The van der Waals surface area contributed by atoms with Gasteiger partial charge < -0.3 is 0 Å². The molecule has 0 atom stereocenters. The highest BCUT2D eigenvalue weighted by Crippen LogP contribution is 2.31. The minimum atomic E-state index is -3.53. The van der Waals surface area contributed by atoms with E-state index in [4.69, 9.17) is 23.2 Å². The molecule has 0 amide bonds. The molecule has 0 aromatic heterocycles. The first-order valence-electron chi connectivity index (χ1n) is 6.87. The van der Waals surface area contributed by atoms with Gasteiger partial charge in [0.05, 0.1) is 20.7 Å². The number of benzene rings is 2. The lowest BCUT2D eigenvalue weighted by atomic mass is 9.87. The van der Waals surface area contributed by atoms with Gasteiger partial charge in [-0.25, -0.2) is 8.42 Å². The summed E-state index contributed by atoms with van der Waals surface area (Å²) < 4.78 is 25.0. The summed E-state index contributed by atoms with van der Waals surface area (Å²) in [6.07, 6.45) is 0. The van der Waals surface area contributed by atoms with Crippen LogP contribution in [-0.2, 0) is 21.0 Å². The second-order valence-electron chi connectivity index (χ2n) is 6.26. The molecule has 2 nitrogen and oxygen atoms in total. The summed E-state index contributed by atoms with van der Waals surface area (Å²) in [6, 6.07) is 12.2. The van der Waals surface area contributed by atoms with Crippen molar-refractivity contribution >= 4 is 33.0 Å². The van der Waals surface area contributed by atoms with Gasteiger partial charge in [0.2, 0.25) is 0 Å². The lowest BCUT2D eigenvalue weighted by Crippen LogP contribution is -2.11. The molecule has 5 heteroatoms. The van der Waals surface area contributed by atoms with Crippen LogP contribution in [0.3, 0.4) is 0 Å². The van der Waals surface area contributed by atoms with Crippen molar-refractivity contribution in [2.45, 2.75) is 36.8 Å². The van der Waals surface area contributed by atoms with Crippen molar-refractivity contribution in [3.8, 4) is 0 Å². The molecule has 0 aliphatic heterocycles. The maximum Gasteiger partial charge on any atom is 0.184 e. The first kappa shape index (κ1) is 17.3. The maximum atomic E-state index is 12.5. The molecule has 0 spiro atoms. The van der Waals surface area contributed by atoms with E-state index >= 15 is 0 Å². The summed E-state index contributed by atoms with van der Waals surface area (Å²) in [4.78, 5) is 0.0709. The van der Waals surface area contributed by atoms with Gasteiger partial charge in [-0.3, -0.25) is 0 Å². The number of hydrogen-bond donors (Lipinski definition) is 0. The van der Waals surface area contributed by atoms with Crippen LogP contribution in [0.15, 0.2) is 47.4 Å². The van der Waals surface area contributed by atoms with E-state index in [1.165, 1.54) is 6.07 Å². The molecule has 0 unspecified atom stereocenters. The molecule has 2 aromatic carbocycles. The van der Waals surface area contributed by atoms with Crippen molar-refractivity contribution in [1.82, 2.24) is 0 Å². The first-order chi connectivity index (χ1) is 10.1. The van der Waals surface area contributed by atoms with Crippen LogP contribution in [0.5, 0.6) is 0 Å². The second-order valence-corrected chi connectivity index (χ2v) is 9.00. The molecule has 0 heterocycles. The summed E-state index contributed by atoms with van der Waals surface area (Å²) in [6.45, 7) is 6.35. The average Bonchev–Trinajstić information content (AvgIpc) is 2.40. The Kier molecular flexibility index (Phi) is 4.90. The van der Waals surface area contributed by atoms with Crippen LogP contribution in [0.25, 0.3) is 0 Å². The molecule has 0 saturated heterocycles. The third-order valence-electron chi connectivity index (χ3n) is 3.43. The van der Waals surface area contributed by atoms with E-state index in [1.807, 2.05) is 24.3 Å².